The molecular formula is C16H13Cl2N3O2S2. The van der Waals surface area contributed by atoms with Gasteiger partial charge in [0.2, 0.25) is 5.91 Å². The van der Waals surface area contributed by atoms with Gasteiger partial charge in [-0.05, 0) is 36.6 Å². The minimum Gasteiger partial charge on any atom is -0.325 e. The third-order valence-corrected chi connectivity index (χ3v) is 5.90. The van der Waals surface area contributed by atoms with Crippen molar-refractivity contribution in [1.82, 2.24) is 9.55 Å². The molecule has 3 aromatic rings. The fourth-order valence-electron chi connectivity index (χ4n) is 2.15. The van der Waals surface area contributed by atoms with Crippen LogP contribution in [-0.4, -0.2) is 20.7 Å². The first-order chi connectivity index (χ1) is 11.8. The second-order valence-electron chi connectivity index (χ2n) is 5.30. The second-order valence-corrected chi connectivity index (χ2v) is 8.40. The Labute approximate surface area is 162 Å². The predicted molar refractivity (Wildman–Crippen MR) is 105 cm³/mol. The van der Waals surface area contributed by atoms with Gasteiger partial charge in [0.25, 0.3) is 5.56 Å². The van der Waals surface area contributed by atoms with Crippen molar-refractivity contribution in [2.45, 2.75) is 17.3 Å². The topological polar surface area (TPSA) is 64.0 Å². The van der Waals surface area contributed by atoms with Crippen LogP contribution >= 0.6 is 46.3 Å². The standard InChI is InChI=1S/C16H13Cl2N3O2S2/c1-8(14(22)19-11-6-9(17)5-10(18)7-11)25-16-20-12-3-4-24-13(12)15(23)21(16)2/h3-8H,1-2H3,(H,19,22)/t8-/m1/s1. The van der Waals surface area contributed by atoms with Crippen molar-refractivity contribution in [3.05, 3.63) is 50.0 Å². The molecular weight excluding hydrogens is 401 g/mol. The molecule has 0 saturated carbocycles. The minimum absolute atomic E-state index is 0.114. The zero-order valence-corrected chi connectivity index (χ0v) is 16.4. The van der Waals surface area contributed by atoms with E-state index < -0.39 is 5.25 Å². The van der Waals surface area contributed by atoms with E-state index in [0.29, 0.717) is 31.1 Å². The van der Waals surface area contributed by atoms with Crippen LogP contribution in [0.4, 0.5) is 5.69 Å². The number of benzene rings is 1. The monoisotopic (exact) mass is 413 g/mol. The number of rotatable bonds is 4. The predicted octanol–water partition coefficient (Wildman–Crippen LogP) is 4.42. The maximum atomic E-state index is 12.4. The summed E-state index contributed by atoms with van der Waals surface area (Å²) in [5.41, 5.74) is 1.05. The smallest absolute Gasteiger partial charge is 0.271 e. The fourth-order valence-corrected chi connectivity index (χ4v) is 4.36. The highest BCUT2D eigenvalue weighted by atomic mass is 35.5. The number of halogens is 2. The Morgan fingerprint density at radius 2 is 2.00 bits per heavy atom. The molecule has 5 nitrogen and oxygen atoms in total. The van der Waals surface area contributed by atoms with Crippen molar-refractivity contribution in [2.75, 3.05) is 5.32 Å². The highest BCUT2D eigenvalue weighted by Crippen LogP contribution is 2.26. The Hall–Kier alpha value is -1.54. The molecule has 9 heteroatoms. The van der Waals surface area contributed by atoms with Crippen molar-refractivity contribution in [1.29, 1.82) is 0 Å². The molecule has 2 heterocycles. The molecule has 1 N–H and O–H groups in total. The van der Waals surface area contributed by atoms with E-state index >= 15 is 0 Å². The molecule has 0 aliphatic rings. The molecule has 3 rings (SSSR count). The number of thiophene rings is 1. The summed E-state index contributed by atoms with van der Waals surface area (Å²) in [5.74, 6) is -0.233. The average Bonchev–Trinajstić information content (AvgIpc) is 2.99. The lowest BCUT2D eigenvalue weighted by molar-refractivity contribution is -0.115. The van der Waals surface area contributed by atoms with E-state index in [1.807, 2.05) is 5.38 Å². The summed E-state index contributed by atoms with van der Waals surface area (Å²) < 4.78 is 2.07. The van der Waals surface area contributed by atoms with Gasteiger partial charge in [0.05, 0.1) is 10.8 Å². The lowest BCUT2D eigenvalue weighted by Gasteiger charge is -2.14. The van der Waals surface area contributed by atoms with E-state index in [2.05, 4.69) is 10.3 Å². The molecule has 0 radical (unpaired) electrons. The third-order valence-electron chi connectivity index (χ3n) is 3.43. The summed E-state index contributed by atoms with van der Waals surface area (Å²) in [4.78, 5) is 29.2. The number of hydrogen-bond donors (Lipinski definition) is 1. The lowest BCUT2D eigenvalue weighted by atomic mass is 10.3. The van der Waals surface area contributed by atoms with Crippen LogP contribution in [0.15, 0.2) is 39.6 Å². The molecule has 0 fully saturated rings. The first-order valence-corrected chi connectivity index (χ1v) is 9.74. The van der Waals surface area contributed by atoms with Gasteiger partial charge in [0, 0.05) is 22.8 Å². The Morgan fingerprint density at radius 1 is 1.32 bits per heavy atom. The van der Waals surface area contributed by atoms with Gasteiger partial charge in [-0.1, -0.05) is 35.0 Å². The van der Waals surface area contributed by atoms with E-state index in [1.165, 1.54) is 27.7 Å². The average molecular weight is 414 g/mol. The number of thioether (sulfide) groups is 1. The summed E-state index contributed by atoms with van der Waals surface area (Å²) in [7, 11) is 1.65. The van der Waals surface area contributed by atoms with Crippen LogP contribution in [0.5, 0.6) is 0 Å². The molecule has 25 heavy (non-hydrogen) atoms. The number of anilines is 1. The third kappa shape index (κ3) is 4.00. The van der Waals surface area contributed by atoms with Gasteiger partial charge in [0.15, 0.2) is 5.16 Å². The summed E-state index contributed by atoms with van der Waals surface area (Å²) in [6.07, 6.45) is 0. The van der Waals surface area contributed by atoms with Crippen LogP contribution in [0.3, 0.4) is 0 Å². The highest BCUT2D eigenvalue weighted by molar-refractivity contribution is 8.00. The van der Waals surface area contributed by atoms with Crippen molar-refractivity contribution < 1.29 is 4.79 Å². The number of nitrogens with one attached hydrogen (secondary N) is 1. The quantitative estimate of drug-likeness (QED) is 0.507. The van der Waals surface area contributed by atoms with Crippen LogP contribution in [-0.2, 0) is 11.8 Å². The zero-order chi connectivity index (χ0) is 18.1. The van der Waals surface area contributed by atoms with Crippen LogP contribution in [0, 0.1) is 0 Å². The van der Waals surface area contributed by atoms with Crippen LogP contribution < -0.4 is 10.9 Å². The van der Waals surface area contributed by atoms with Crippen LogP contribution in [0.2, 0.25) is 10.0 Å². The fraction of sp³-hybridized carbons (Fsp3) is 0.188. The number of aromatic nitrogens is 2. The van der Waals surface area contributed by atoms with Gasteiger partial charge in [-0.2, -0.15) is 0 Å². The molecule has 0 aliphatic heterocycles. The Morgan fingerprint density at radius 3 is 2.68 bits per heavy atom. The molecule has 1 atom stereocenters. The molecule has 0 bridgehead atoms. The zero-order valence-electron chi connectivity index (χ0n) is 13.2. The summed E-state index contributed by atoms with van der Waals surface area (Å²) in [6, 6.07) is 6.62. The summed E-state index contributed by atoms with van der Waals surface area (Å²) >= 11 is 14.4. The first kappa shape index (κ1) is 18.3. The van der Waals surface area contributed by atoms with Crippen molar-refractivity contribution in [2.24, 2.45) is 7.05 Å². The molecule has 0 spiro atoms. The maximum absolute atomic E-state index is 12.4. The Kier molecular flexibility index (Phi) is 5.38. The molecule has 0 saturated heterocycles. The largest absolute Gasteiger partial charge is 0.325 e. The number of carbonyl (C=O) groups is 1. The number of fused-ring (bicyclic) bond motifs is 1. The minimum atomic E-state index is -0.466. The van der Waals surface area contributed by atoms with Crippen LogP contribution in [0.1, 0.15) is 6.92 Å². The summed E-state index contributed by atoms with van der Waals surface area (Å²) in [6.45, 7) is 1.75. The SMILES string of the molecule is C[C@@H](Sc1nc2ccsc2c(=O)n1C)C(=O)Nc1cc(Cl)cc(Cl)c1. The van der Waals surface area contributed by atoms with Gasteiger partial charge in [-0.25, -0.2) is 4.98 Å². The molecule has 1 amide bonds. The second kappa shape index (κ2) is 7.37. The van der Waals surface area contributed by atoms with Crippen molar-refractivity contribution in [3.8, 4) is 0 Å². The van der Waals surface area contributed by atoms with E-state index in [0.717, 1.165) is 0 Å². The van der Waals surface area contributed by atoms with Gasteiger partial charge in [-0.15, -0.1) is 11.3 Å². The molecule has 2 aromatic heterocycles. The van der Waals surface area contributed by atoms with Gasteiger partial charge < -0.3 is 5.32 Å². The Bertz CT molecular complexity index is 996. The number of hydrogen-bond acceptors (Lipinski definition) is 5. The van der Waals surface area contributed by atoms with Crippen molar-refractivity contribution >= 4 is 68.1 Å². The van der Waals surface area contributed by atoms with Gasteiger partial charge >= 0.3 is 0 Å². The van der Waals surface area contributed by atoms with E-state index in [9.17, 15) is 9.59 Å². The highest BCUT2D eigenvalue weighted by Gasteiger charge is 2.19. The lowest BCUT2D eigenvalue weighted by Crippen LogP contribution is -2.25. The number of nitrogens with zero attached hydrogens (tertiary/aromatic N) is 2. The van der Waals surface area contributed by atoms with Gasteiger partial charge in [-0.3, -0.25) is 14.2 Å². The van der Waals surface area contributed by atoms with Crippen LogP contribution in [0.25, 0.3) is 10.2 Å². The van der Waals surface area contributed by atoms with Gasteiger partial charge in [0.1, 0.15) is 4.70 Å². The molecule has 1 aromatic carbocycles. The molecule has 0 unspecified atom stereocenters. The van der Waals surface area contributed by atoms with Crippen molar-refractivity contribution in [3.63, 3.8) is 0 Å². The number of amides is 1. The van der Waals surface area contributed by atoms with E-state index in [4.69, 9.17) is 23.2 Å². The first-order valence-electron chi connectivity index (χ1n) is 7.23. The normalized spacial score (nSPS) is 12.3. The van der Waals surface area contributed by atoms with E-state index in [-0.39, 0.29) is 11.5 Å². The van der Waals surface area contributed by atoms with E-state index in [1.54, 1.807) is 38.2 Å². The summed E-state index contributed by atoms with van der Waals surface area (Å²) in [5, 5.41) is 5.50. The molecule has 130 valence electrons. The maximum Gasteiger partial charge on any atom is 0.271 e. The number of carbonyl (C=O) groups excluding carboxylic acids is 1. The molecule has 0 aliphatic carbocycles. The Balaban J connectivity index is 1.79.